The number of hydrogen-bond donors (Lipinski definition) is 0. The minimum atomic E-state index is 0. The second-order valence-corrected chi connectivity index (χ2v) is 5.43. The van der Waals surface area contributed by atoms with Crippen LogP contribution < -0.4 is 0 Å². The van der Waals surface area contributed by atoms with Crippen molar-refractivity contribution in [1.82, 2.24) is 0 Å². The summed E-state index contributed by atoms with van der Waals surface area (Å²) in [7, 11) is 1.78. The fourth-order valence-electron chi connectivity index (χ4n) is 2.19. The minimum Gasteiger partial charge on any atom is -0.297 e. The zero-order valence-electron chi connectivity index (χ0n) is 14.3. The van der Waals surface area contributed by atoms with Gasteiger partial charge in [0.05, 0.1) is 0 Å². The zero-order chi connectivity index (χ0) is 14.8. The third-order valence-corrected chi connectivity index (χ3v) is 3.55. The molecule has 1 aliphatic rings. The lowest BCUT2D eigenvalue weighted by Crippen LogP contribution is -1.94. The molecule has 108 valence electrons. The molecule has 0 heterocycles. The lowest BCUT2D eigenvalue weighted by atomic mass is 9.92. The van der Waals surface area contributed by atoms with Crippen LogP contribution in [-0.4, -0.2) is 13.3 Å². The molecule has 1 nitrogen and oxygen atoms in total. The molecule has 0 radical (unpaired) electrons. The van der Waals surface area contributed by atoms with Crippen LogP contribution in [0.25, 0.3) is 0 Å². The molecule has 0 N–H and O–H groups in total. The van der Waals surface area contributed by atoms with E-state index in [-0.39, 0.29) is 1.43 Å². The maximum atomic E-state index is 3.94. The first-order valence-corrected chi connectivity index (χ1v) is 7.44. The molecule has 0 atom stereocenters. The molecule has 0 saturated heterocycles. The van der Waals surface area contributed by atoms with Crippen LogP contribution in [0.4, 0.5) is 0 Å². The Balaban J connectivity index is 0.00000400. The fraction of sp³-hybridized carbons (Fsp3) is 0.421. The molecule has 0 saturated carbocycles. The van der Waals surface area contributed by atoms with E-state index in [9.17, 15) is 0 Å². The summed E-state index contributed by atoms with van der Waals surface area (Å²) in [5.41, 5.74) is 5.58. The average molecular weight is 270 g/mol. The highest BCUT2D eigenvalue weighted by atomic mass is 14.6. The molecule has 0 amide bonds. The van der Waals surface area contributed by atoms with Gasteiger partial charge in [-0.1, -0.05) is 41.5 Å². The van der Waals surface area contributed by atoms with Gasteiger partial charge in [-0.3, -0.25) is 4.99 Å². The first-order valence-electron chi connectivity index (χ1n) is 7.44. The SMILES string of the molecule is CN=C/C=C(C)/C=C/C=C(C)/C=C/C1=C(C)CCCC1.[H+]. The molecule has 0 aromatic carbocycles. The Morgan fingerprint density at radius 1 is 1.05 bits per heavy atom. The highest BCUT2D eigenvalue weighted by Gasteiger charge is 2.05. The smallest absolute Gasteiger partial charge is 0.297 e. The van der Waals surface area contributed by atoms with Gasteiger partial charge in [-0.25, -0.2) is 0 Å². The Morgan fingerprint density at radius 3 is 2.45 bits per heavy atom. The Hall–Kier alpha value is -1.63. The van der Waals surface area contributed by atoms with E-state index in [1.807, 2.05) is 12.3 Å². The highest BCUT2D eigenvalue weighted by molar-refractivity contribution is 5.72. The third kappa shape index (κ3) is 6.51. The zero-order valence-corrected chi connectivity index (χ0v) is 13.3. The van der Waals surface area contributed by atoms with Gasteiger partial charge in [0, 0.05) is 13.3 Å². The second-order valence-electron chi connectivity index (χ2n) is 5.43. The predicted octanol–water partition coefficient (Wildman–Crippen LogP) is 5.70. The van der Waals surface area contributed by atoms with Crippen LogP contribution in [0.1, 0.15) is 47.9 Å². The summed E-state index contributed by atoms with van der Waals surface area (Å²) in [6.07, 6.45) is 19.9. The van der Waals surface area contributed by atoms with Crippen molar-refractivity contribution in [2.24, 2.45) is 4.99 Å². The van der Waals surface area contributed by atoms with E-state index in [0.717, 1.165) is 0 Å². The largest absolute Gasteiger partial charge is 1.00 e. The number of nitrogens with zero attached hydrogens (tertiary/aromatic N) is 1. The Morgan fingerprint density at radius 2 is 1.75 bits per heavy atom. The van der Waals surface area contributed by atoms with E-state index in [4.69, 9.17) is 0 Å². The third-order valence-electron chi connectivity index (χ3n) is 3.55. The van der Waals surface area contributed by atoms with Crippen LogP contribution in [0.3, 0.4) is 0 Å². The fourth-order valence-corrected chi connectivity index (χ4v) is 2.19. The molecule has 0 spiro atoms. The van der Waals surface area contributed by atoms with Crippen molar-refractivity contribution in [2.75, 3.05) is 7.05 Å². The summed E-state index contributed by atoms with van der Waals surface area (Å²) in [5.74, 6) is 0. The Kier molecular flexibility index (Phi) is 7.64. The van der Waals surface area contributed by atoms with Gasteiger partial charge >= 0.3 is 1.43 Å². The van der Waals surface area contributed by atoms with Crippen molar-refractivity contribution >= 4 is 6.21 Å². The Bertz CT molecular complexity index is 488. The molecule has 1 heteroatoms. The topological polar surface area (TPSA) is 12.4 Å². The van der Waals surface area contributed by atoms with Crippen LogP contribution in [0.2, 0.25) is 0 Å². The maximum Gasteiger partial charge on any atom is 1.00 e. The molecule has 20 heavy (non-hydrogen) atoms. The van der Waals surface area contributed by atoms with Gasteiger partial charge < -0.3 is 0 Å². The van der Waals surface area contributed by atoms with E-state index >= 15 is 0 Å². The first-order chi connectivity index (χ1) is 9.63. The maximum absolute atomic E-state index is 3.94. The molecule has 1 aliphatic carbocycles. The predicted molar refractivity (Wildman–Crippen MR) is 92.5 cm³/mol. The van der Waals surface area contributed by atoms with Gasteiger partial charge in [0.25, 0.3) is 0 Å². The van der Waals surface area contributed by atoms with Crippen molar-refractivity contribution in [3.63, 3.8) is 0 Å². The second kappa shape index (κ2) is 9.30. The van der Waals surface area contributed by atoms with Crippen LogP contribution >= 0.6 is 0 Å². The molecule has 0 aromatic rings. The summed E-state index contributed by atoms with van der Waals surface area (Å²) in [5, 5.41) is 0. The van der Waals surface area contributed by atoms with Crippen molar-refractivity contribution in [3.05, 3.63) is 58.7 Å². The first kappa shape index (κ1) is 16.4. The molecular formula is C19H28N+. The lowest BCUT2D eigenvalue weighted by Gasteiger charge is -2.14. The van der Waals surface area contributed by atoms with E-state index in [1.54, 1.807) is 12.6 Å². The summed E-state index contributed by atoms with van der Waals surface area (Å²) >= 11 is 0. The van der Waals surface area contributed by atoms with Crippen LogP contribution in [0.15, 0.2) is 63.7 Å². The van der Waals surface area contributed by atoms with Gasteiger partial charge in [0.15, 0.2) is 0 Å². The van der Waals surface area contributed by atoms with E-state index in [2.05, 4.69) is 56.1 Å². The van der Waals surface area contributed by atoms with Crippen molar-refractivity contribution in [2.45, 2.75) is 46.5 Å². The molecule has 0 aliphatic heterocycles. The van der Waals surface area contributed by atoms with Crippen molar-refractivity contribution < 1.29 is 1.43 Å². The molecule has 1 rings (SSSR count). The van der Waals surface area contributed by atoms with Gasteiger partial charge in [-0.05, 0) is 63.7 Å². The summed E-state index contributed by atoms with van der Waals surface area (Å²) in [4.78, 5) is 3.94. The van der Waals surface area contributed by atoms with E-state index in [0.29, 0.717) is 0 Å². The number of rotatable bonds is 5. The molecule has 0 fully saturated rings. The van der Waals surface area contributed by atoms with Crippen LogP contribution in [0, 0.1) is 0 Å². The minimum absolute atomic E-state index is 0. The van der Waals surface area contributed by atoms with Gasteiger partial charge in [0.2, 0.25) is 0 Å². The van der Waals surface area contributed by atoms with Crippen LogP contribution in [0.5, 0.6) is 0 Å². The number of aliphatic imine (C=N–C) groups is 1. The normalized spacial score (nSPS) is 19.0. The summed E-state index contributed by atoms with van der Waals surface area (Å²) in [6, 6.07) is 0. The Labute approximate surface area is 125 Å². The van der Waals surface area contributed by atoms with Crippen molar-refractivity contribution in [1.29, 1.82) is 0 Å². The standard InChI is InChI=1S/C19H27N/c1-16(8-7-9-17(2)14-15-20-4)12-13-19-11-6-5-10-18(19)3/h7-9,12-15H,5-6,10-11H2,1-4H3/p+1/b9-7+,13-12+,16-8+,17-14+,20-15?. The quantitative estimate of drug-likeness (QED) is 0.449. The van der Waals surface area contributed by atoms with Gasteiger partial charge in [-0.15, -0.1) is 0 Å². The van der Waals surface area contributed by atoms with Crippen molar-refractivity contribution in [3.8, 4) is 0 Å². The highest BCUT2D eigenvalue weighted by Crippen LogP contribution is 2.25. The number of allylic oxidation sites excluding steroid dienone is 10. The molecule has 0 aromatic heterocycles. The van der Waals surface area contributed by atoms with Gasteiger partial charge in [0.1, 0.15) is 0 Å². The van der Waals surface area contributed by atoms with E-state index < -0.39 is 0 Å². The summed E-state index contributed by atoms with van der Waals surface area (Å²) in [6.45, 7) is 6.49. The molecular weight excluding hydrogens is 242 g/mol. The van der Waals surface area contributed by atoms with Gasteiger partial charge in [-0.2, -0.15) is 0 Å². The lowest BCUT2D eigenvalue weighted by molar-refractivity contribution is 0.683. The monoisotopic (exact) mass is 270 g/mol. The number of hydrogen-bond acceptors (Lipinski definition) is 1. The van der Waals surface area contributed by atoms with E-state index in [1.165, 1.54) is 42.4 Å². The molecule has 0 unspecified atom stereocenters. The van der Waals surface area contributed by atoms with Crippen LogP contribution in [-0.2, 0) is 0 Å². The molecule has 0 bridgehead atoms. The average Bonchev–Trinajstić information content (AvgIpc) is 2.44. The summed E-state index contributed by atoms with van der Waals surface area (Å²) < 4.78 is 0.